The summed E-state index contributed by atoms with van der Waals surface area (Å²) in [5.74, 6) is 1.02. The van der Waals surface area contributed by atoms with Crippen LogP contribution in [-0.4, -0.2) is 40.4 Å². The van der Waals surface area contributed by atoms with Crippen molar-refractivity contribution in [1.82, 2.24) is 15.5 Å². The molecule has 0 radical (unpaired) electrons. The Morgan fingerprint density at radius 2 is 2.08 bits per heavy atom. The number of amides is 1. The van der Waals surface area contributed by atoms with Crippen LogP contribution in [0.5, 0.6) is 0 Å². The molecule has 2 aromatic rings. The molecule has 0 saturated carbocycles. The van der Waals surface area contributed by atoms with Crippen LogP contribution >= 0.6 is 11.8 Å². The van der Waals surface area contributed by atoms with E-state index in [0.29, 0.717) is 23.9 Å². The van der Waals surface area contributed by atoms with E-state index in [4.69, 9.17) is 9.26 Å². The van der Waals surface area contributed by atoms with Crippen LogP contribution in [0.15, 0.2) is 34.9 Å². The molecular weight excluding hydrogens is 342 g/mol. The molecule has 1 heterocycles. The highest BCUT2D eigenvalue weighted by Gasteiger charge is 2.22. The van der Waals surface area contributed by atoms with Crippen LogP contribution in [0.1, 0.15) is 24.2 Å². The van der Waals surface area contributed by atoms with Crippen LogP contribution in [0.25, 0.3) is 0 Å². The van der Waals surface area contributed by atoms with Gasteiger partial charge in [0.2, 0.25) is 11.8 Å². The van der Waals surface area contributed by atoms with Gasteiger partial charge in [-0.15, -0.1) is 11.8 Å². The van der Waals surface area contributed by atoms with Gasteiger partial charge in [0.05, 0.1) is 18.1 Å². The lowest BCUT2D eigenvalue weighted by Gasteiger charge is -2.17. The molecular formula is C17H21N3O4S. The van der Waals surface area contributed by atoms with Crippen LogP contribution in [0, 0.1) is 6.92 Å². The summed E-state index contributed by atoms with van der Waals surface area (Å²) < 4.78 is 9.94. The van der Waals surface area contributed by atoms with E-state index in [9.17, 15) is 9.59 Å². The van der Waals surface area contributed by atoms with Gasteiger partial charge < -0.3 is 14.6 Å². The lowest BCUT2D eigenvalue weighted by molar-refractivity contribution is -0.147. The summed E-state index contributed by atoms with van der Waals surface area (Å²) in [7, 11) is 0. The number of ether oxygens (including phenoxy) is 1. The number of aryl methyl sites for hydroxylation is 1. The standard InChI is InChI=1S/C17H21N3O4S/c1-3-23-17(22)14(9-13-7-5-4-6-8-13)19-16(21)11-25-10-15-18-12(2)24-20-15/h4-8,14H,3,9-11H2,1-2H3,(H,19,21). The molecule has 1 amide bonds. The molecule has 0 aliphatic heterocycles. The summed E-state index contributed by atoms with van der Waals surface area (Å²) in [6.45, 7) is 3.72. The first kappa shape index (κ1) is 19.0. The number of carbonyl (C=O) groups excluding carboxylic acids is 2. The van der Waals surface area contributed by atoms with Crippen molar-refractivity contribution in [2.45, 2.75) is 32.1 Å². The van der Waals surface area contributed by atoms with Gasteiger partial charge in [0.25, 0.3) is 0 Å². The highest BCUT2D eigenvalue weighted by molar-refractivity contribution is 7.99. The van der Waals surface area contributed by atoms with E-state index in [-0.39, 0.29) is 18.3 Å². The first-order valence-electron chi connectivity index (χ1n) is 7.95. The Bertz CT molecular complexity index is 690. The van der Waals surface area contributed by atoms with E-state index in [1.165, 1.54) is 11.8 Å². The van der Waals surface area contributed by atoms with Crippen LogP contribution in [-0.2, 0) is 26.5 Å². The lowest BCUT2D eigenvalue weighted by atomic mass is 10.1. The van der Waals surface area contributed by atoms with Gasteiger partial charge in [-0.3, -0.25) is 4.79 Å². The third-order valence-corrected chi connectivity index (χ3v) is 4.15. The van der Waals surface area contributed by atoms with Crippen molar-refractivity contribution in [3.8, 4) is 0 Å². The van der Waals surface area contributed by atoms with Gasteiger partial charge in [0.1, 0.15) is 6.04 Å². The number of rotatable bonds is 9. The molecule has 0 aliphatic rings. The van der Waals surface area contributed by atoms with Crippen LogP contribution in [0.4, 0.5) is 0 Å². The Morgan fingerprint density at radius 1 is 1.32 bits per heavy atom. The van der Waals surface area contributed by atoms with Crippen molar-refractivity contribution in [3.63, 3.8) is 0 Å². The Morgan fingerprint density at radius 3 is 2.72 bits per heavy atom. The first-order chi connectivity index (χ1) is 12.1. The second-order valence-corrected chi connectivity index (χ2v) is 6.27. The van der Waals surface area contributed by atoms with Gasteiger partial charge in [-0.05, 0) is 12.5 Å². The molecule has 8 heteroatoms. The smallest absolute Gasteiger partial charge is 0.328 e. The first-order valence-corrected chi connectivity index (χ1v) is 9.10. The summed E-state index contributed by atoms with van der Waals surface area (Å²) in [6, 6.07) is 8.79. The molecule has 1 aromatic heterocycles. The summed E-state index contributed by atoms with van der Waals surface area (Å²) in [4.78, 5) is 28.3. The SMILES string of the molecule is CCOC(=O)C(Cc1ccccc1)NC(=O)CSCc1noc(C)n1. The van der Waals surface area contributed by atoms with Crippen molar-refractivity contribution in [1.29, 1.82) is 0 Å². The van der Waals surface area contributed by atoms with Crippen LogP contribution in [0.3, 0.4) is 0 Å². The number of nitrogens with one attached hydrogen (secondary N) is 1. The predicted octanol–water partition coefficient (Wildman–Crippen LogP) is 1.90. The van der Waals surface area contributed by atoms with Crippen molar-refractivity contribution < 1.29 is 18.8 Å². The molecule has 134 valence electrons. The maximum absolute atomic E-state index is 12.1. The summed E-state index contributed by atoms with van der Waals surface area (Å²) in [5, 5.41) is 6.51. The zero-order valence-electron chi connectivity index (χ0n) is 14.2. The Kier molecular flexibility index (Phi) is 7.46. The average Bonchev–Trinajstić information content (AvgIpc) is 3.01. The fraction of sp³-hybridized carbons (Fsp3) is 0.412. The molecule has 1 N–H and O–H groups in total. The number of aromatic nitrogens is 2. The zero-order valence-corrected chi connectivity index (χ0v) is 15.0. The minimum Gasteiger partial charge on any atom is -0.464 e. The van der Waals surface area contributed by atoms with Gasteiger partial charge >= 0.3 is 5.97 Å². The number of esters is 1. The van der Waals surface area contributed by atoms with Crippen molar-refractivity contribution in [3.05, 3.63) is 47.6 Å². The van der Waals surface area contributed by atoms with Gasteiger partial charge in [-0.2, -0.15) is 4.98 Å². The highest BCUT2D eigenvalue weighted by Crippen LogP contribution is 2.10. The molecule has 2 rings (SSSR count). The number of carbonyl (C=O) groups is 2. The molecule has 1 aromatic carbocycles. The zero-order chi connectivity index (χ0) is 18.1. The van der Waals surface area contributed by atoms with Crippen LogP contribution in [0.2, 0.25) is 0 Å². The van der Waals surface area contributed by atoms with E-state index in [2.05, 4.69) is 15.5 Å². The summed E-state index contributed by atoms with van der Waals surface area (Å²) >= 11 is 1.35. The van der Waals surface area contributed by atoms with Gasteiger partial charge in [0, 0.05) is 13.3 Å². The lowest BCUT2D eigenvalue weighted by Crippen LogP contribution is -2.44. The average molecular weight is 363 g/mol. The van der Waals surface area contributed by atoms with E-state index < -0.39 is 12.0 Å². The Balaban J connectivity index is 1.86. The second kappa shape index (κ2) is 9.83. The molecule has 0 saturated heterocycles. The highest BCUT2D eigenvalue weighted by atomic mass is 32.2. The number of hydrogen-bond acceptors (Lipinski definition) is 7. The van der Waals surface area contributed by atoms with Crippen molar-refractivity contribution in [2.24, 2.45) is 0 Å². The number of hydrogen-bond donors (Lipinski definition) is 1. The monoisotopic (exact) mass is 363 g/mol. The van der Waals surface area contributed by atoms with Gasteiger partial charge in [-0.25, -0.2) is 4.79 Å². The predicted molar refractivity (Wildman–Crippen MR) is 93.9 cm³/mol. The summed E-state index contributed by atoms with van der Waals surface area (Å²) in [6.07, 6.45) is 0.389. The molecule has 1 atom stereocenters. The molecule has 0 spiro atoms. The molecule has 25 heavy (non-hydrogen) atoms. The fourth-order valence-corrected chi connectivity index (χ4v) is 2.83. The molecule has 7 nitrogen and oxygen atoms in total. The topological polar surface area (TPSA) is 94.3 Å². The normalized spacial score (nSPS) is 11.8. The van der Waals surface area contributed by atoms with Crippen molar-refractivity contribution >= 4 is 23.6 Å². The molecule has 1 unspecified atom stereocenters. The Labute approximate surface area is 150 Å². The Hall–Kier alpha value is -2.35. The van der Waals surface area contributed by atoms with E-state index in [0.717, 1.165) is 5.56 Å². The maximum Gasteiger partial charge on any atom is 0.328 e. The minimum atomic E-state index is -0.706. The van der Waals surface area contributed by atoms with Crippen molar-refractivity contribution in [2.75, 3.05) is 12.4 Å². The number of benzene rings is 1. The second-order valence-electron chi connectivity index (χ2n) is 5.28. The molecule has 0 fully saturated rings. The minimum absolute atomic E-state index is 0.193. The third kappa shape index (κ3) is 6.58. The molecule has 0 aliphatic carbocycles. The fourth-order valence-electron chi connectivity index (χ4n) is 2.16. The van der Waals surface area contributed by atoms with E-state index in [1.54, 1.807) is 13.8 Å². The van der Waals surface area contributed by atoms with Gasteiger partial charge in [0.15, 0.2) is 5.82 Å². The van der Waals surface area contributed by atoms with Gasteiger partial charge in [-0.1, -0.05) is 35.5 Å². The molecule has 0 bridgehead atoms. The van der Waals surface area contributed by atoms with E-state index >= 15 is 0 Å². The maximum atomic E-state index is 12.1. The summed E-state index contributed by atoms with van der Waals surface area (Å²) in [5.41, 5.74) is 0.954. The quantitative estimate of drug-likeness (QED) is 0.680. The third-order valence-electron chi connectivity index (χ3n) is 3.22. The van der Waals surface area contributed by atoms with E-state index in [1.807, 2.05) is 30.3 Å². The number of nitrogens with zero attached hydrogens (tertiary/aromatic N) is 2. The number of thioether (sulfide) groups is 1. The largest absolute Gasteiger partial charge is 0.464 e. The van der Waals surface area contributed by atoms with Crippen LogP contribution < -0.4 is 5.32 Å².